The van der Waals surface area contributed by atoms with E-state index in [-0.39, 0.29) is 24.1 Å². The molecule has 0 aliphatic carbocycles. The van der Waals surface area contributed by atoms with Crippen LogP contribution in [0.15, 0.2) is 18.2 Å². The van der Waals surface area contributed by atoms with E-state index in [1.165, 1.54) is 12.5 Å². The van der Waals surface area contributed by atoms with Crippen LogP contribution in [-0.2, 0) is 22.5 Å². The zero-order chi connectivity index (χ0) is 18.6. The van der Waals surface area contributed by atoms with Crippen molar-refractivity contribution in [3.63, 3.8) is 0 Å². The molecule has 4 rings (SSSR count). The Bertz CT molecular complexity index is 816. The number of aromatic nitrogens is 3. The molecule has 1 unspecified atom stereocenters. The third kappa shape index (κ3) is 4.17. The molecule has 7 nitrogen and oxygen atoms in total. The van der Waals surface area contributed by atoms with E-state index in [9.17, 15) is 9.18 Å². The Labute approximate surface area is 157 Å². The summed E-state index contributed by atoms with van der Waals surface area (Å²) in [5, 5.41) is 14.5. The first kappa shape index (κ1) is 18.1. The van der Waals surface area contributed by atoms with E-state index in [0.717, 1.165) is 49.6 Å². The number of rotatable bonds is 4. The van der Waals surface area contributed by atoms with E-state index < -0.39 is 5.82 Å². The van der Waals surface area contributed by atoms with E-state index in [4.69, 9.17) is 4.74 Å². The zero-order valence-electron chi connectivity index (χ0n) is 15.2. The molecule has 2 aliphatic heterocycles. The largest absolute Gasteiger partial charge is 0.378 e. The summed E-state index contributed by atoms with van der Waals surface area (Å²) < 4.78 is 21.7. The minimum absolute atomic E-state index is 0.0442. The second kappa shape index (κ2) is 8.14. The molecule has 2 aliphatic rings. The SMILES string of the molecule is O=C(CC1COCCN1)Nc1cc(-c2nnc3n2CCCCC3)ccc1F. The molecule has 144 valence electrons. The highest BCUT2D eigenvalue weighted by Gasteiger charge is 2.20. The fourth-order valence-corrected chi connectivity index (χ4v) is 3.63. The predicted octanol–water partition coefficient (Wildman–Crippen LogP) is 2.13. The lowest BCUT2D eigenvalue weighted by Gasteiger charge is -2.23. The van der Waals surface area contributed by atoms with Gasteiger partial charge in [0.1, 0.15) is 11.6 Å². The van der Waals surface area contributed by atoms with E-state index >= 15 is 0 Å². The maximum absolute atomic E-state index is 14.3. The number of anilines is 1. The standard InChI is InChI=1S/C19H24FN5O2/c20-15-6-5-13(19-24-23-17-4-2-1-3-8-25(17)19)10-16(15)22-18(26)11-14-12-27-9-7-21-14/h5-6,10,14,21H,1-4,7-9,11-12H2,(H,22,26). The number of halogens is 1. The lowest BCUT2D eigenvalue weighted by Crippen LogP contribution is -2.43. The highest BCUT2D eigenvalue weighted by Crippen LogP contribution is 2.26. The van der Waals surface area contributed by atoms with Crippen LogP contribution < -0.4 is 10.6 Å². The van der Waals surface area contributed by atoms with Gasteiger partial charge in [-0.1, -0.05) is 6.42 Å². The number of fused-ring (bicyclic) bond motifs is 1. The van der Waals surface area contributed by atoms with Gasteiger partial charge in [-0.15, -0.1) is 10.2 Å². The van der Waals surface area contributed by atoms with E-state index in [2.05, 4.69) is 25.4 Å². The van der Waals surface area contributed by atoms with Gasteiger partial charge in [-0.3, -0.25) is 4.79 Å². The number of ether oxygens (including phenoxy) is 1. The number of nitrogens with one attached hydrogen (secondary N) is 2. The predicted molar refractivity (Wildman–Crippen MR) is 98.8 cm³/mol. The molecule has 0 spiro atoms. The first-order valence-electron chi connectivity index (χ1n) is 9.53. The number of hydrogen-bond acceptors (Lipinski definition) is 5. The Kier molecular flexibility index (Phi) is 5.45. The quantitative estimate of drug-likeness (QED) is 0.858. The molecule has 2 aromatic rings. The van der Waals surface area contributed by atoms with Gasteiger partial charge in [0.15, 0.2) is 5.82 Å². The molecular weight excluding hydrogens is 349 g/mol. The second-order valence-electron chi connectivity index (χ2n) is 7.08. The molecule has 27 heavy (non-hydrogen) atoms. The maximum Gasteiger partial charge on any atom is 0.226 e. The molecule has 1 aromatic heterocycles. The molecule has 0 saturated carbocycles. The number of carbonyl (C=O) groups excluding carboxylic acids is 1. The van der Waals surface area contributed by atoms with Crippen molar-refractivity contribution in [3.05, 3.63) is 29.8 Å². The van der Waals surface area contributed by atoms with Crippen LogP contribution in [0, 0.1) is 5.82 Å². The van der Waals surface area contributed by atoms with Crippen LogP contribution in [0.4, 0.5) is 10.1 Å². The lowest BCUT2D eigenvalue weighted by molar-refractivity contribution is -0.117. The van der Waals surface area contributed by atoms with Gasteiger partial charge in [-0.2, -0.15) is 0 Å². The highest BCUT2D eigenvalue weighted by molar-refractivity contribution is 5.92. The van der Waals surface area contributed by atoms with Crippen LogP contribution in [-0.4, -0.2) is 46.5 Å². The van der Waals surface area contributed by atoms with Crippen molar-refractivity contribution in [2.24, 2.45) is 0 Å². The lowest BCUT2D eigenvalue weighted by atomic mass is 10.1. The molecule has 1 aromatic carbocycles. The monoisotopic (exact) mass is 373 g/mol. The normalized spacial score (nSPS) is 20.0. The Morgan fingerprint density at radius 2 is 2.26 bits per heavy atom. The highest BCUT2D eigenvalue weighted by atomic mass is 19.1. The summed E-state index contributed by atoms with van der Waals surface area (Å²) >= 11 is 0. The zero-order valence-corrected chi connectivity index (χ0v) is 15.2. The summed E-state index contributed by atoms with van der Waals surface area (Å²) in [5.74, 6) is 0.996. The summed E-state index contributed by atoms with van der Waals surface area (Å²) in [7, 11) is 0. The van der Waals surface area contributed by atoms with Gasteiger partial charge in [-0.25, -0.2) is 4.39 Å². The molecule has 1 amide bonds. The van der Waals surface area contributed by atoms with Gasteiger partial charge in [-0.05, 0) is 31.0 Å². The van der Waals surface area contributed by atoms with Crippen LogP contribution in [0.2, 0.25) is 0 Å². The van der Waals surface area contributed by atoms with Crippen molar-refractivity contribution in [3.8, 4) is 11.4 Å². The number of amides is 1. The third-order valence-corrected chi connectivity index (χ3v) is 5.04. The number of benzene rings is 1. The van der Waals surface area contributed by atoms with Crippen LogP contribution >= 0.6 is 0 Å². The summed E-state index contributed by atoms with van der Waals surface area (Å²) in [6.45, 7) is 2.73. The third-order valence-electron chi connectivity index (χ3n) is 5.04. The molecule has 1 atom stereocenters. The van der Waals surface area contributed by atoms with Crippen molar-refractivity contribution in [2.75, 3.05) is 25.1 Å². The molecule has 3 heterocycles. The number of hydrogen-bond donors (Lipinski definition) is 2. The Morgan fingerprint density at radius 3 is 3.11 bits per heavy atom. The molecule has 0 bridgehead atoms. The smallest absolute Gasteiger partial charge is 0.226 e. The topological polar surface area (TPSA) is 81.1 Å². The van der Waals surface area contributed by atoms with Gasteiger partial charge in [0.2, 0.25) is 5.91 Å². The fraction of sp³-hybridized carbons (Fsp3) is 0.526. The summed E-state index contributed by atoms with van der Waals surface area (Å²) in [6.07, 6.45) is 4.52. The van der Waals surface area contributed by atoms with E-state index in [1.807, 2.05) is 0 Å². The van der Waals surface area contributed by atoms with Crippen molar-refractivity contribution < 1.29 is 13.9 Å². The molecule has 0 radical (unpaired) electrons. The average Bonchev–Trinajstić information content (AvgIpc) is 2.92. The van der Waals surface area contributed by atoms with Crippen LogP contribution in [0.3, 0.4) is 0 Å². The van der Waals surface area contributed by atoms with Gasteiger partial charge in [0, 0.05) is 37.5 Å². The molecule has 1 saturated heterocycles. The van der Waals surface area contributed by atoms with Crippen molar-refractivity contribution in [1.82, 2.24) is 20.1 Å². The van der Waals surface area contributed by atoms with Crippen molar-refractivity contribution >= 4 is 11.6 Å². The molecule has 2 N–H and O–H groups in total. The first-order chi connectivity index (χ1) is 13.2. The van der Waals surface area contributed by atoms with E-state index in [1.54, 1.807) is 12.1 Å². The summed E-state index contributed by atoms with van der Waals surface area (Å²) in [4.78, 5) is 12.3. The minimum Gasteiger partial charge on any atom is -0.378 e. The van der Waals surface area contributed by atoms with Gasteiger partial charge >= 0.3 is 0 Å². The minimum atomic E-state index is -0.462. The van der Waals surface area contributed by atoms with Crippen molar-refractivity contribution in [2.45, 2.75) is 44.7 Å². The Hall–Kier alpha value is -2.32. The Balaban J connectivity index is 1.51. The maximum atomic E-state index is 14.3. The summed E-state index contributed by atoms with van der Waals surface area (Å²) in [5.41, 5.74) is 0.923. The second-order valence-corrected chi connectivity index (χ2v) is 7.08. The van der Waals surface area contributed by atoms with Crippen LogP contribution in [0.5, 0.6) is 0 Å². The van der Waals surface area contributed by atoms with Gasteiger partial charge < -0.3 is 19.9 Å². The van der Waals surface area contributed by atoms with Gasteiger partial charge in [0.05, 0.1) is 18.9 Å². The summed E-state index contributed by atoms with van der Waals surface area (Å²) in [6, 6.07) is 4.65. The van der Waals surface area contributed by atoms with Crippen LogP contribution in [0.1, 0.15) is 31.5 Å². The Morgan fingerprint density at radius 1 is 1.33 bits per heavy atom. The molecule has 1 fully saturated rings. The number of aryl methyl sites for hydroxylation is 1. The van der Waals surface area contributed by atoms with Crippen LogP contribution in [0.25, 0.3) is 11.4 Å². The fourth-order valence-electron chi connectivity index (χ4n) is 3.63. The average molecular weight is 373 g/mol. The number of nitrogens with zero attached hydrogens (tertiary/aromatic N) is 3. The number of morpholine rings is 1. The first-order valence-corrected chi connectivity index (χ1v) is 9.53. The number of carbonyl (C=O) groups is 1. The molecular formula is C19H24FN5O2. The molecule has 8 heteroatoms. The van der Waals surface area contributed by atoms with Gasteiger partial charge in [0.25, 0.3) is 0 Å². The van der Waals surface area contributed by atoms with E-state index in [0.29, 0.717) is 13.2 Å². The van der Waals surface area contributed by atoms with Crippen molar-refractivity contribution in [1.29, 1.82) is 0 Å².